The third-order valence-electron chi connectivity index (χ3n) is 3.27. The molecule has 22 heavy (non-hydrogen) atoms. The summed E-state index contributed by atoms with van der Waals surface area (Å²) in [7, 11) is 0. The SMILES string of the molecule is O=C1Cc2cc(-c3c(Cl)cccc3OC(F)F)cc(Cl)c2N1. The van der Waals surface area contributed by atoms with E-state index in [1.807, 2.05) is 0 Å². The Bertz CT molecular complexity index is 765. The van der Waals surface area contributed by atoms with E-state index in [4.69, 9.17) is 23.2 Å². The number of hydrogen-bond donors (Lipinski definition) is 1. The Hall–Kier alpha value is -1.85. The fraction of sp³-hybridized carbons (Fsp3) is 0.133. The topological polar surface area (TPSA) is 38.3 Å². The normalized spacial score (nSPS) is 13.2. The molecule has 0 bridgehead atoms. The molecule has 0 spiro atoms. The second kappa shape index (κ2) is 5.74. The second-order valence-electron chi connectivity index (χ2n) is 4.71. The highest BCUT2D eigenvalue weighted by Crippen LogP contribution is 2.42. The van der Waals surface area contributed by atoms with Gasteiger partial charge in [0.25, 0.3) is 0 Å². The molecule has 0 fully saturated rings. The van der Waals surface area contributed by atoms with Crippen LogP contribution in [0.2, 0.25) is 10.0 Å². The standard InChI is InChI=1S/C15H9Cl2F2NO2/c16-9-2-1-3-11(22-15(18)19)13(9)7-4-8-6-12(21)20-14(8)10(17)5-7/h1-5,15H,6H2,(H,20,21). The van der Waals surface area contributed by atoms with Crippen LogP contribution in [0.25, 0.3) is 11.1 Å². The Balaban J connectivity index is 2.15. The molecule has 1 heterocycles. The molecule has 0 radical (unpaired) electrons. The van der Waals surface area contributed by atoms with Crippen molar-refractivity contribution in [3.8, 4) is 16.9 Å². The van der Waals surface area contributed by atoms with E-state index in [0.717, 1.165) is 0 Å². The van der Waals surface area contributed by atoms with Crippen molar-refractivity contribution in [3.63, 3.8) is 0 Å². The maximum Gasteiger partial charge on any atom is 0.387 e. The van der Waals surface area contributed by atoms with Crippen molar-refractivity contribution in [3.05, 3.63) is 45.9 Å². The van der Waals surface area contributed by atoms with Crippen LogP contribution in [0.4, 0.5) is 14.5 Å². The van der Waals surface area contributed by atoms with Gasteiger partial charge in [-0.3, -0.25) is 4.79 Å². The van der Waals surface area contributed by atoms with Crippen molar-refractivity contribution in [1.82, 2.24) is 0 Å². The van der Waals surface area contributed by atoms with Crippen molar-refractivity contribution < 1.29 is 18.3 Å². The Morgan fingerprint density at radius 1 is 1.18 bits per heavy atom. The van der Waals surface area contributed by atoms with Gasteiger partial charge in [0.05, 0.1) is 22.2 Å². The third kappa shape index (κ3) is 2.74. The van der Waals surface area contributed by atoms with Crippen molar-refractivity contribution in [2.45, 2.75) is 13.0 Å². The largest absolute Gasteiger partial charge is 0.434 e. The summed E-state index contributed by atoms with van der Waals surface area (Å²) in [6.07, 6.45) is 0.179. The zero-order valence-electron chi connectivity index (χ0n) is 11.0. The second-order valence-corrected chi connectivity index (χ2v) is 5.52. The zero-order chi connectivity index (χ0) is 15.9. The predicted molar refractivity (Wildman–Crippen MR) is 80.9 cm³/mol. The monoisotopic (exact) mass is 343 g/mol. The molecule has 1 N–H and O–H groups in total. The van der Waals surface area contributed by atoms with Gasteiger partial charge in [0, 0.05) is 5.56 Å². The molecule has 1 aliphatic rings. The first-order chi connectivity index (χ1) is 10.5. The first-order valence-corrected chi connectivity index (χ1v) is 7.07. The molecule has 1 amide bonds. The van der Waals surface area contributed by atoms with E-state index in [1.165, 1.54) is 12.1 Å². The van der Waals surface area contributed by atoms with Crippen LogP contribution in [0.1, 0.15) is 5.56 Å². The molecule has 1 aliphatic heterocycles. The number of halogens is 4. The van der Waals surface area contributed by atoms with E-state index in [1.54, 1.807) is 18.2 Å². The highest BCUT2D eigenvalue weighted by molar-refractivity contribution is 6.36. The minimum atomic E-state index is -2.97. The van der Waals surface area contributed by atoms with Gasteiger partial charge in [-0.25, -0.2) is 0 Å². The lowest BCUT2D eigenvalue weighted by molar-refractivity contribution is -0.115. The number of amides is 1. The molecule has 0 aromatic heterocycles. The minimum Gasteiger partial charge on any atom is -0.434 e. The number of benzene rings is 2. The Kier molecular flexibility index (Phi) is 3.93. The molecule has 2 aromatic carbocycles. The lowest BCUT2D eigenvalue weighted by atomic mass is 10.0. The number of carbonyl (C=O) groups is 1. The van der Waals surface area contributed by atoms with Crippen molar-refractivity contribution in [2.24, 2.45) is 0 Å². The van der Waals surface area contributed by atoms with E-state index < -0.39 is 6.61 Å². The summed E-state index contributed by atoms with van der Waals surface area (Å²) in [4.78, 5) is 11.5. The molecule has 0 unspecified atom stereocenters. The molecular weight excluding hydrogens is 335 g/mol. The van der Waals surface area contributed by atoms with Crippen LogP contribution in [0, 0.1) is 0 Å². The Morgan fingerprint density at radius 2 is 1.95 bits per heavy atom. The molecule has 7 heteroatoms. The van der Waals surface area contributed by atoms with Gasteiger partial charge < -0.3 is 10.1 Å². The average molecular weight is 344 g/mol. The van der Waals surface area contributed by atoms with Crippen LogP contribution in [-0.2, 0) is 11.2 Å². The van der Waals surface area contributed by atoms with Crippen LogP contribution in [0.5, 0.6) is 5.75 Å². The van der Waals surface area contributed by atoms with Crippen molar-refractivity contribution in [1.29, 1.82) is 0 Å². The molecule has 0 saturated carbocycles. The number of ether oxygens (including phenoxy) is 1. The molecule has 0 saturated heterocycles. The number of rotatable bonds is 3. The van der Waals surface area contributed by atoms with Gasteiger partial charge in [0.15, 0.2) is 0 Å². The summed E-state index contributed by atoms with van der Waals surface area (Å²) in [6.45, 7) is -2.97. The van der Waals surface area contributed by atoms with E-state index in [-0.39, 0.29) is 23.1 Å². The minimum absolute atomic E-state index is 0.0456. The first-order valence-electron chi connectivity index (χ1n) is 6.31. The Morgan fingerprint density at radius 3 is 2.68 bits per heavy atom. The molecular formula is C15H9Cl2F2NO2. The van der Waals surface area contributed by atoms with Gasteiger partial charge in [0.1, 0.15) is 5.75 Å². The van der Waals surface area contributed by atoms with Gasteiger partial charge in [-0.2, -0.15) is 8.78 Å². The fourth-order valence-electron chi connectivity index (χ4n) is 2.42. The van der Waals surface area contributed by atoms with Gasteiger partial charge in [-0.15, -0.1) is 0 Å². The van der Waals surface area contributed by atoms with Gasteiger partial charge in [-0.05, 0) is 35.4 Å². The van der Waals surface area contributed by atoms with E-state index >= 15 is 0 Å². The quantitative estimate of drug-likeness (QED) is 0.872. The van der Waals surface area contributed by atoms with Crippen molar-refractivity contribution >= 4 is 34.8 Å². The van der Waals surface area contributed by atoms with Crippen LogP contribution in [0.3, 0.4) is 0 Å². The third-order valence-corrected chi connectivity index (χ3v) is 3.88. The number of hydrogen-bond acceptors (Lipinski definition) is 2. The number of fused-ring (bicyclic) bond motifs is 1. The first kappa shape index (κ1) is 15.1. The summed E-state index contributed by atoms with van der Waals surface area (Å²) in [5.74, 6) is -0.215. The lowest BCUT2D eigenvalue weighted by Crippen LogP contribution is -2.03. The number of anilines is 1. The Labute approximate surface area is 134 Å². The highest BCUT2D eigenvalue weighted by Gasteiger charge is 2.23. The molecule has 3 rings (SSSR count). The predicted octanol–water partition coefficient (Wildman–Crippen LogP) is 4.76. The summed E-state index contributed by atoms with van der Waals surface area (Å²) < 4.78 is 29.6. The highest BCUT2D eigenvalue weighted by atomic mass is 35.5. The smallest absolute Gasteiger partial charge is 0.387 e. The zero-order valence-corrected chi connectivity index (χ0v) is 12.5. The van der Waals surface area contributed by atoms with E-state index in [0.29, 0.717) is 27.4 Å². The summed E-state index contributed by atoms with van der Waals surface area (Å²) in [5, 5.41) is 3.23. The maximum absolute atomic E-state index is 12.6. The molecule has 0 aliphatic carbocycles. The number of alkyl halides is 2. The molecule has 3 nitrogen and oxygen atoms in total. The van der Waals surface area contributed by atoms with Crippen LogP contribution in [-0.4, -0.2) is 12.5 Å². The van der Waals surface area contributed by atoms with E-state index in [9.17, 15) is 13.6 Å². The summed E-state index contributed by atoms with van der Waals surface area (Å²) in [6, 6.07) is 7.74. The average Bonchev–Trinajstić information content (AvgIpc) is 2.79. The molecule has 2 aromatic rings. The molecule has 0 atom stereocenters. The number of nitrogens with one attached hydrogen (secondary N) is 1. The lowest BCUT2D eigenvalue weighted by Gasteiger charge is -2.14. The molecule has 114 valence electrons. The van der Waals surface area contributed by atoms with Crippen LogP contribution < -0.4 is 10.1 Å². The fourth-order valence-corrected chi connectivity index (χ4v) is 2.98. The van der Waals surface area contributed by atoms with Gasteiger partial charge >= 0.3 is 6.61 Å². The van der Waals surface area contributed by atoms with Crippen LogP contribution >= 0.6 is 23.2 Å². The van der Waals surface area contributed by atoms with Crippen molar-refractivity contribution in [2.75, 3.05) is 5.32 Å². The summed E-state index contributed by atoms with van der Waals surface area (Å²) >= 11 is 12.3. The number of carbonyl (C=O) groups excluding carboxylic acids is 1. The van der Waals surface area contributed by atoms with Crippen LogP contribution in [0.15, 0.2) is 30.3 Å². The van der Waals surface area contributed by atoms with Gasteiger partial charge in [0.2, 0.25) is 5.91 Å². The summed E-state index contributed by atoms with van der Waals surface area (Å²) in [5.41, 5.74) is 2.06. The van der Waals surface area contributed by atoms with E-state index in [2.05, 4.69) is 10.1 Å². The van der Waals surface area contributed by atoms with Gasteiger partial charge in [-0.1, -0.05) is 29.3 Å². The maximum atomic E-state index is 12.6.